The fourth-order valence-electron chi connectivity index (χ4n) is 2.92. The van der Waals surface area contributed by atoms with Crippen LogP contribution in [0.25, 0.3) is 10.8 Å². The Morgan fingerprint density at radius 1 is 0.867 bits per heavy atom. The number of ether oxygens (including phenoxy) is 1. The molecule has 156 valence electrons. The molecule has 3 rings (SSSR count). The van der Waals surface area contributed by atoms with Gasteiger partial charge in [-0.05, 0) is 42.1 Å². The van der Waals surface area contributed by atoms with E-state index in [1.165, 1.54) is 11.8 Å². The van der Waals surface area contributed by atoms with Gasteiger partial charge in [0.25, 0.3) is 0 Å². The molecule has 3 aromatic rings. The Morgan fingerprint density at radius 3 is 2.33 bits per heavy atom. The highest BCUT2D eigenvalue weighted by Crippen LogP contribution is 2.23. The molecule has 0 fully saturated rings. The first-order valence-corrected chi connectivity index (χ1v) is 11.2. The molecule has 5 nitrogen and oxygen atoms in total. The highest BCUT2D eigenvalue weighted by atomic mass is 32.2. The molecule has 0 bridgehead atoms. The SMILES string of the molecule is CCCCOc1ccc(NC(=O)CSCC(=O)Nc2cccc3ccccc23)cc1. The Morgan fingerprint density at radius 2 is 1.57 bits per heavy atom. The monoisotopic (exact) mass is 422 g/mol. The van der Waals surface area contributed by atoms with Crippen LogP contribution in [0.5, 0.6) is 5.75 Å². The van der Waals surface area contributed by atoms with Crippen LogP contribution in [0.4, 0.5) is 11.4 Å². The third-order valence-corrected chi connectivity index (χ3v) is 5.37. The molecule has 0 radical (unpaired) electrons. The lowest BCUT2D eigenvalue weighted by Crippen LogP contribution is -2.18. The first-order valence-electron chi connectivity index (χ1n) is 10.0. The number of carbonyl (C=O) groups is 2. The smallest absolute Gasteiger partial charge is 0.234 e. The van der Waals surface area contributed by atoms with Crippen molar-refractivity contribution < 1.29 is 14.3 Å². The zero-order valence-electron chi connectivity index (χ0n) is 17.0. The topological polar surface area (TPSA) is 67.4 Å². The average molecular weight is 423 g/mol. The quantitative estimate of drug-likeness (QED) is 0.434. The number of fused-ring (bicyclic) bond motifs is 1. The van der Waals surface area contributed by atoms with Gasteiger partial charge in [-0.2, -0.15) is 0 Å². The van der Waals surface area contributed by atoms with Gasteiger partial charge in [-0.15, -0.1) is 11.8 Å². The largest absolute Gasteiger partial charge is 0.494 e. The summed E-state index contributed by atoms with van der Waals surface area (Å²) in [5, 5.41) is 7.84. The van der Waals surface area contributed by atoms with Crippen LogP contribution in [-0.4, -0.2) is 29.9 Å². The fourth-order valence-corrected chi connectivity index (χ4v) is 3.54. The molecule has 0 spiro atoms. The van der Waals surface area contributed by atoms with Crippen LogP contribution in [-0.2, 0) is 9.59 Å². The van der Waals surface area contributed by atoms with Crippen LogP contribution in [0.1, 0.15) is 19.8 Å². The van der Waals surface area contributed by atoms with Gasteiger partial charge in [-0.1, -0.05) is 49.7 Å². The Balaban J connectivity index is 1.41. The van der Waals surface area contributed by atoms with Crippen LogP contribution in [0.15, 0.2) is 66.7 Å². The minimum atomic E-state index is -0.141. The van der Waals surface area contributed by atoms with Gasteiger partial charge in [0.05, 0.1) is 18.1 Å². The lowest BCUT2D eigenvalue weighted by Gasteiger charge is -2.09. The van der Waals surface area contributed by atoms with E-state index in [9.17, 15) is 9.59 Å². The maximum absolute atomic E-state index is 12.3. The van der Waals surface area contributed by atoms with Gasteiger partial charge >= 0.3 is 0 Å². The third kappa shape index (κ3) is 6.52. The summed E-state index contributed by atoms with van der Waals surface area (Å²) < 4.78 is 5.61. The number of hydrogen-bond donors (Lipinski definition) is 2. The molecule has 30 heavy (non-hydrogen) atoms. The number of thioether (sulfide) groups is 1. The van der Waals surface area contributed by atoms with Crippen LogP contribution in [0.2, 0.25) is 0 Å². The third-order valence-electron chi connectivity index (χ3n) is 4.43. The van der Waals surface area contributed by atoms with E-state index < -0.39 is 0 Å². The van der Waals surface area contributed by atoms with Crippen molar-refractivity contribution in [3.05, 3.63) is 66.7 Å². The summed E-state index contributed by atoms with van der Waals surface area (Å²) in [5.74, 6) is 0.940. The lowest BCUT2D eigenvalue weighted by atomic mass is 10.1. The van der Waals surface area contributed by atoms with Gasteiger partial charge in [0.2, 0.25) is 11.8 Å². The normalized spacial score (nSPS) is 10.6. The van der Waals surface area contributed by atoms with E-state index in [2.05, 4.69) is 17.6 Å². The standard InChI is InChI=1S/C24H26N2O3S/c1-2-3-15-29-20-13-11-19(12-14-20)25-23(27)16-30-17-24(28)26-22-10-6-8-18-7-4-5-9-21(18)22/h4-14H,2-3,15-17H2,1H3,(H,25,27)(H,26,28). The van der Waals surface area contributed by atoms with Crippen molar-refractivity contribution in [3.63, 3.8) is 0 Å². The number of nitrogens with one attached hydrogen (secondary N) is 2. The van der Waals surface area contributed by atoms with Crippen LogP contribution in [0.3, 0.4) is 0 Å². The van der Waals surface area contributed by atoms with Crippen molar-refractivity contribution in [1.82, 2.24) is 0 Å². The summed E-state index contributed by atoms with van der Waals surface area (Å²) >= 11 is 1.28. The molecule has 0 aromatic heterocycles. The second-order valence-electron chi connectivity index (χ2n) is 6.84. The summed E-state index contributed by atoms with van der Waals surface area (Å²) in [5.41, 5.74) is 1.49. The summed E-state index contributed by atoms with van der Waals surface area (Å²) in [7, 11) is 0. The van der Waals surface area contributed by atoms with Crippen molar-refractivity contribution in [2.24, 2.45) is 0 Å². The average Bonchev–Trinajstić information content (AvgIpc) is 2.75. The predicted molar refractivity (Wildman–Crippen MR) is 125 cm³/mol. The maximum Gasteiger partial charge on any atom is 0.234 e. The Kier molecular flexibility index (Phi) is 8.15. The number of benzene rings is 3. The first-order chi connectivity index (χ1) is 14.7. The van der Waals surface area contributed by atoms with Gasteiger partial charge in [-0.3, -0.25) is 9.59 Å². The number of anilines is 2. The minimum absolute atomic E-state index is 0.127. The molecule has 0 saturated heterocycles. The van der Waals surface area contributed by atoms with Gasteiger partial charge < -0.3 is 15.4 Å². The fraction of sp³-hybridized carbons (Fsp3) is 0.250. The molecule has 3 aromatic carbocycles. The number of rotatable bonds is 10. The van der Waals surface area contributed by atoms with Crippen molar-refractivity contribution in [2.45, 2.75) is 19.8 Å². The molecule has 2 N–H and O–H groups in total. The lowest BCUT2D eigenvalue weighted by molar-refractivity contribution is -0.114. The molecule has 0 aliphatic carbocycles. The molecular formula is C24H26N2O3S. The van der Waals surface area contributed by atoms with Crippen molar-refractivity contribution in [1.29, 1.82) is 0 Å². The number of unbranched alkanes of at least 4 members (excludes halogenated alkanes) is 1. The van der Waals surface area contributed by atoms with Crippen LogP contribution < -0.4 is 15.4 Å². The molecular weight excluding hydrogens is 396 g/mol. The predicted octanol–water partition coefficient (Wildman–Crippen LogP) is 5.33. The van der Waals surface area contributed by atoms with Crippen molar-refractivity contribution in [2.75, 3.05) is 28.7 Å². The Labute approximate surface area is 181 Å². The first kappa shape index (κ1) is 21.7. The minimum Gasteiger partial charge on any atom is -0.494 e. The summed E-state index contributed by atoms with van der Waals surface area (Å²) in [6.45, 7) is 2.81. The van der Waals surface area contributed by atoms with E-state index in [1.807, 2.05) is 66.7 Å². The van der Waals surface area contributed by atoms with E-state index in [4.69, 9.17) is 4.74 Å². The summed E-state index contributed by atoms with van der Waals surface area (Å²) in [6.07, 6.45) is 2.11. The Bertz CT molecular complexity index is 984. The van der Waals surface area contributed by atoms with Gasteiger partial charge in [-0.25, -0.2) is 0 Å². The zero-order valence-corrected chi connectivity index (χ0v) is 17.8. The zero-order chi connectivity index (χ0) is 21.2. The second-order valence-corrected chi connectivity index (χ2v) is 7.83. The summed E-state index contributed by atoms with van der Waals surface area (Å²) in [4.78, 5) is 24.4. The molecule has 0 saturated carbocycles. The van der Waals surface area contributed by atoms with Crippen molar-refractivity contribution >= 4 is 45.7 Å². The Hall–Kier alpha value is -2.99. The number of carbonyl (C=O) groups excluding carboxylic acids is 2. The summed E-state index contributed by atoms with van der Waals surface area (Å²) in [6, 6.07) is 21.0. The van der Waals surface area contributed by atoms with Gasteiger partial charge in [0.15, 0.2) is 0 Å². The van der Waals surface area contributed by atoms with E-state index >= 15 is 0 Å². The molecule has 2 amide bonds. The van der Waals surface area contributed by atoms with E-state index in [-0.39, 0.29) is 23.3 Å². The number of amides is 2. The second kappa shape index (κ2) is 11.3. The molecule has 0 atom stereocenters. The molecule has 0 heterocycles. The van der Waals surface area contributed by atoms with Gasteiger partial charge in [0, 0.05) is 16.8 Å². The molecule has 6 heteroatoms. The van der Waals surface area contributed by atoms with Crippen molar-refractivity contribution in [3.8, 4) is 5.75 Å². The molecule has 0 unspecified atom stereocenters. The van der Waals surface area contributed by atoms with Gasteiger partial charge in [0.1, 0.15) is 5.75 Å². The molecule has 0 aliphatic rings. The maximum atomic E-state index is 12.3. The van der Waals surface area contributed by atoms with Crippen LogP contribution in [0, 0.1) is 0 Å². The van der Waals surface area contributed by atoms with Crippen LogP contribution >= 0.6 is 11.8 Å². The number of hydrogen-bond acceptors (Lipinski definition) is 4. The molecule has 0 aliphatic heterocycles. The highest BCUT2D eigenvalue weighted by Gasteiger charge is 2.08. The van der Waals surface area contributed by atoms with E-state index in [0.29, 0.717) is 12.3 Å². The van der Waals surface area contributed by atoms with E-state index in [0.717, 1.165) is 35.1 Å². The highest BCUT2D eigenvalue weighted by molar-refractivity contribution is 8.00. The van der Waals surface area contributed by atoms with E-state index in [1.54, 1.807) is 0 Å².